The number of benzene rings is 1. The van der Waals surface area contributed by atoms with Gasteiger partial charge in [0, 0.05) is 30.7 Å². The zero-order chi connectivity index (χ0) is 13.1. The molecule has 0 aliphatic carbocycles. The predicted molar refractivity (Wildman–Crippen MR) is 83.1 cm³/mol. The molecule has 0 amide bonds. The maximum absolute atomic E-state index is 4.31. The Balaban J connectivity index is 1.74. The van der Waals surface area contributed by atoms with Crippen molar-refractivity contribution in [3.8, 4) is 0 Å². The molecule has 1 aromatic heterocycles. The van der Waals surface area contributed by atoms with Gasteiger partial charge >= 0.3 is 0 Å². The summed E-state index contributed by atoms with van der Waals surface area (Å²) >= 11 is 3.49. The van der Waals surface area contributed by atoms with Gasteiger partial charge in [0.05, 0.1) is 4.47 Å². The number of hydrogen-bond acceptors (Lipinski definition) is 3. The minimum absolute atomic E-state index is 0.844. The van der Waals surface area contributed by atoms with Crippen LogP contribution in [0.2, 0.25) is 0 Å². The van der Waals surface area contributed by atoms with Crippen molar-refractivity contribution in [3.05, 3.63) is 47.1 Å². The van der Waals surface area contributed by atoms with Gasteiger partial charge in [-0.25, -0.2) is 4.98 Å². The summed E-state index contributed by atoms with van der Waals surface area (Å²) in [5, 5.41) is 3.31. The lowest BCUT2D eigenvalue weighted by molar-refractivity contribution is 0.949. The molecule has 3 nitrogen and oxygen atoms in total. The third-order valence-electron chi connectivity index (χ3n) is 3.36. The van der Waals surface area contributed by atoms with Crippen molar-refractivity contribution in [2.75, 3.05) is 23.3 Å². The minimum Gasteiger partial charge on any atom is -0.372 e. The van der Waals surface area contributed by atoms with Gasteiger partial charge in [-0.3, -0.25) is 0 Å². The van der Waals surface area contributed by atoms with Crippen molar-refractivity contribution in [2.45, 2.75) is 12.8 Å². The molecule has 1 aliphatic rings. The van der Waals surface area contributed by atoms with E-state index in [9.17, 15) is 0 Å². The van der Waals surface area contributed by atoms with Gasteiger partial charge in [0.2, 0.25) is 0 Å². The van der Waals surface area contributed by atoms with E-state index in [1.54, 1.807) is 6.20 Å². The molecule has 0 unspecified atom stereocenters. The lowest BCUT2D eigenvalue weighted by Gasteiger charge is -2.18. The first-order chi connectivity index (χ1) is 9.33. The van der Waals surface area contributed by atoms with E-state index in [0.29, 0.717) is 0 Å². The number of hydrogen-bond donors (Lipinski definition) is 1. The normalized spacial score (nSPS) is 14.7. The Kier molecular flexibility index (Phi) is 3.69. The standard InChI is InChI=1S/C15H16BrN3/c16-14-4-3-9-17-15(14)18-12-5-7-13(8-6-12)19-10-1-2-11-19/h3-9H,1-2,10-11H2,(H,17,18). The number of nitrogens with one attached hydrogen (secondary N) is 1. The van der Waals surface area contributed by atoms with E-state index >= 15 is 0 Å². The molecule has 1 aromatic carbocycles. The molecule has 1 fully saturated rings. The summed E-state index contributed by atoms with van der Waals surface area (Å²) in [6, 6.07) is 12.4. The van der Waals surface area contributed by atoms with Crippen molar-refractivity contribution < 1.29 is 0 Å². The first-order valence-corrected chi connectivity index (χ1v) is 7.35. The fourth-order valence-corrected chi connectivity index (χ4v) is 2.70. The van der Waals surface area contributed by atoms with Crippen LogP contribution >= 0.6 is 15.9 Å². The lowest BCUT2D eigenvalue weighted by atomic mass is 10.2. The van der Waals surface area contributed by atoms with E-state index in [0.717, 1.165) is 16.0 Å². The van der Waals surface area contributed by atoms with Gasteiger partial charge in [0.25, 0.3) is 0 Å². The van der Waals surface area contributed by atoms with Crippen LogP contribution in [0.4, 0.5) is 17.2 Å². The zero-order valence-corrected chi connectivity index (χ0v) is 12.2. The highest BCUT2D eigenvalue weighted by atomic mass is 79.9. The van der Waals surface area contributed by atoms with Crippen molar-refractivity contribution in [1.29, 1.82) is 0 Å². The van der Waals surface area contributed by atoms with Crippen LogP contribution in [0.5, 0.6) is 0 Å². The Morgan fingerprint density at radius 2 is 1.79 bits per heavy atom. The van der Waals surface area contributed by atoms with Gasteiger partial charge in [0.1, 0.15) is 5.82 Å². The molecular formula is C15H16BrN3. The summed E-state index contributed by atoms with van der Waals surface area (Å²) < 4.78 is 0.971. The molecule has 1 saturated heterocycles. The van der Waals surface area contributed by atoms with E-state index in [2.05, 4.69) is 55.4 Å². The van der Waals surface area contributed by atoms with Gasteiger partial charge in [-0.05, 0) is 65.2 Å². The zero-order valence-electron chi connectivity index (χ0n) is 10.6. The summed E-state index contributed by atoms with van der Waals surface area (Å²) in [5.41, 5.74) is 2.37. The van der Waals surface area contributed by atoms with Crippen LogP contribution in [0.1, 0.15) is 12.8 Å². The predicted octanol–water partition coefficient (Wildman–Crippen LogP) is 4.19. The maximum atomic E-state index is 4.31. The van der Waals surface area contributed by atoms with Gasteiger partial charge in [-0.1, -0.05) is 0 Å². The molecule has 0 radical (unpaired) electrons. The monoisotopic (exact) mass is 317 g/mol. The van der Waals surface area contributed by atoms with Crippen molar-refractivity contribution in [2.24, 2.45) is 0 Å². The molecule has 2 heterocycles. The second-order valence-electron chi connectivity index (χ2n) is 4.70. The second-order valence-corrected chi connectivity index (χ2v) is 5.55. The Hall–Kier alpha value is -1.55. The summed E-state index contributed by atoms with van der Waals surface area (Å²) in [7, 11) is 0. The third-order valence-corrected chi connectivity index (χ3v) is 4.00. The lowest BCUT2D eigenvalue weighted by Crippen LogP contribution is -2.17. The Morgan fingerprint density at radius 1 is 1.05 bits per heavy atom. The van der Waals surface area contributed by atoms with E-state index in [1.165, 1.54) is 31.6 Å². The highest BCUT2D eigenvalue weighted by Gasteiger charge is 2.11. The molecule has 4 heteroatoms. The van der Waals surface area contributed by atoms with Crippen molar-refractivity contribution in [1.82, 2.24) is 4.98 Å². The number of rotatable bonds is 3. The average Bonchev–Trinajstić information content (AvgIpc) is 2.96. The fourth-order valence-electron chi connectivity index (χ4n) is 2.35. The molecule has 19 heavy (non-hydrogen) atoms. The summed E-state index contributed by atoms with van der Waals surface area (Å²) in [4.78, 5) is 6.74. The van der Waals surface area contributed by atoms with Crippen LogP contribution in [0, 0.1) is 0 Å². The number of pyridine rings is 1. The largest absolute Gasteiger partial charge is 0.372 e. The number of nitrogens with zero attached hydrogens (tertiary/aromatic N) is 2. The van der Waals surface area contributed by atoms with Crippen molar-refractivity contribution in [3.63, 3.8) is 0 Å². The molecular weight excluding hydrogens is 302 g/mol. The number of halogens is 1. The van der Waals surface area contributed by atoms with Crippen LogP contribution in [0.25, 0.3) is 0 Å². The molecule has 0 saturated carbocycles. The summed E-state index contributed by atoms with van der Waals surface area (Å²) in [5.74, 6) is 0.844. The fraction of sp³-hybridized carbons (Fsp3) is 0.267. The molecule has 0 spiro atoms. The van der Waals surface area contributed by atoms with E-state index in [-0.39, 0.29) is 0 Å². The summed E-state index contributed by atoms with van der Waals surface area (Å²) in [6.45, 7) is 2.36. The maximum Gasteiger partial charge on any atom is 0.144 e. The second kappa shape index (κ2) is 5.61. The quantitative estimate of drug-likeness (QED) is 0.920. The third kappa shape index (κ3) is 2.89. The smallest absolute Gasteiger partial charge is 0.144 e. The van der Waals surface area contributed by atoms with Crippen LogP contribution in [0.15, 0.2) is 47.1 Å². The highest BCUT2D eigenvalue weighted by molar-refractivity contribution is 9.10. The molecule has 2 aromatic rings. The molecule has 1 N–H and O–H groups in total. The van der Waals surface area contributed by atoms with Crippen LogP contribution in [0.3, 0.4) is 0 Å². The highest BCUT2D eigenvalue weighted by Crippen LogP contribution is 2.26. The van der Waals surface area contributed by atoms with Gasteiger partial charge < -0.3 is 10.2 Å². The van der Waals surface area contributed by atoms with E-state index in [1.807, 2.05) is 12.1 Å². The number of anilines is 3. The molecule has 3 rings (SSSR count). The topological polar surface area (TPSA) is 28.2 Å². The van der Waals surface area contributed by atoms with Crippen LogP contribution < -0.4 is 10.2 Å². The van der Waals surface area contributed by atoms with Gasteiger partial charge in [-0.2, -0.15) is 0 Å². The van der Waals surface area contributed by atoms with Crippen LogP contribution in [-0.2, 0) is 0 Å². The van der Waals surface area contributed by atoms with Crippen molar-refractivity contribution >= 4 is 33.1 Å². The van der Waals surface area contributed by atoms with E-state index < -0.39 is 0 Å². The molecule has 0 bridgehead atoms. The first kappa shape index (κ1) is 12.5. The average molecular weight is 318 g/mol. The number of aromatic nitrogens is 1. The molecule has 98 valence electrons. The van der Waals surface area contributed by atoms with Gasteiger partial charge in [0.15, 0.2) is 0 Å². The Morgan fingerprint density at radius 3 is 2.47 bits per heavy atom. The Bertz CT molecular complexity index is 548. The SMILES string of the molecule is Brc1cccnc1Nc1ccc(N2CCCC2)cc1. The minimum atomic E-state index is 0.844. The van der Waals surface area contributed by atoms with E-state index in [4.69, 9.17) is 0 Å². The van der Waals surface area contributed by atoms with Gasteiger partial charge in [-0.15, -0.1) is 0 Å². The van der Waals surface area contributed by atoms with Crippen LogP contribution in [-0.4, -0.2) is 18.1 Å². The molecule has 1 aliphatic heterocycles. The summed E-state index contributed by atoms with van der Waals surface area (Å²) in [6.07, 6.45) is 4.40. The Labute approximate surface area is 121 Å². The first-order valence-electron chi connectivity index (χ1n) is 6.55. The molecule has 0 atom stereocenters.